The van der Waals surface area contributed by atoms with Crippen LogP contribution in [-0.2, 0) is 9.53 Å². The normalized spacial score (nSPS) is 28.2. The van der Waals surface area contributed by atoms with E-state index in [0.29, 0.717) is 19.5 Å². The molecule has 0 bridgehead atoms. The number of hydrogen-bond acceptors (Lipinski definition) is 3. The summed E-state index contributed by atoms with van der Waals surface area (Å²) in [6, 6.07) is 0. The first-order valence-electron chi connectivity index (χ1n) is 7.04. The summed E-state index contributed by atoms with van der Waals surface area (Å²) in [7, 11) is 0. The molecule has 1 spiro atoms. The van der Waals surface area contributed by atoms with Crippen molar-refractivity contribution in [3.05, 3.63) is 0 Å². The summed E-state index contributed by atoms with van der Waals surface area (Å²) in [5.74, 6) is 0.125. The molecule has 2 fully saturated rings. The predicted molar refractivity (Wildman–Crippen MR) is 71.7 cm³/mol. The fourth-order valence-electron chi connectivity index (χ4n) is 2.88. The lowest BCUT2D eigenvalue weighted by molar-refractivity contribution is -0.125. The summed E-state index contributed by atoms with van der Waals surface area (Å²) in [5, 5.41) is 2.93. The minimum absolute atomic E-state index is 0.0586. The van der Waals surface area contributed by atoms with Crippen molar-refractivity contribution in [2.24, 2.45) is 5.41 Å². The Labute approximate surface area is 114 Å². The van der Waals surface area contributed by atoms with Gasteiger partial charge in [-0.3, -0.25) is 4.79 Å². The standard InChI is InChI=1S/C14H24N2O3/c1-13(2,3)19-12(18)16-8-4-6-14(10-16)7-5-11(17)15-9-14/h4-10H2,1-3H3,(H,15,17). The summed E-state index contributed by atoms with van der Waals surface area (Å²) >= 11 is 0. The van der Waals surface area contributed by atoms with Gasteiger partial charge in [-0.2, -0.15) is 0 Å². The van der Waals surface area contributed by atoms with Crippen LogP contribution in [0.15, 0.2) is 0 Å². The van der Waals surface area contributed by atoms with Crippen molar-refractivity contribution in [2.75, 3.05) is 19.6 Å². The van der Waals surface area contributed by atoms with Gasteiger partial charge in [0.2, 0.25) is 5.91 Å². The van der Waals surface area contributed by atoms with Crippen LogP contribution in [0.3, 0.4) is 0 Å². The molecular formula is C14H24N2O3. The van der Waals surface area contributed by atoms with E-state index in [1.807, 2.05) is 20.8 Å². The highest BCUT2D eigenvalue weighted by Crippen LogP contribution is 2.36. The Kier molecular flexibility index (Phi) is 3.74. The van der Waals surface area contributed by atoms with E-state index >= 15 is 0 Å². The predicted octanol–water partition coefficient (Wildman–Crippen LogP) is 1.91. The molecule has 2 aliphatic heterocycles. The first-order chi connectivity index (χ1) is 8.80. The van der Waals surface area contributed by atoms with E-state index in [-0.39, 0.29) is 17.4 Å². The molecule has 2 heterocycles. The summed E-state index contributed by atoms with van der Waals surface area (Å²) in [6.07, 6.45) is 3.27. The van der Waals surface area contributed by atoms with Crippen LogP contribution in [0.2, 0.25) is 0 Å². The van der Waals surface area contributed by atoms with Crippen LogP contribution in [0, 0.1) is 5.41 Å². The van der Waals surface area contributed by atoms with Gasteiger partial charge in [-0.15, -0.1) is 0 Å². The van der Waals surface area contributed by atoms with Gasteiger partial charge < -0.3 is 15.0 Å². The number of rotatable bonds is 0. The van der Waals surface area contributed by atoms with Gasteiger partial charge in [0.25, 0.3) is 0 Å². The van der Waals surface area contributed by atoms with Crippen molar-refractivity contribution in [2.45, 2.75) is 52.1 Å². The third-order valence-electron chi connectivity index (χ3n) is 3.86. The van der Waals surface area contributed by atoms with Crippen LogP contribution in [0.25, 0.3) is 0 Å². The van der Waals surface area contributed by atoms with Crippen molar-refractivity contribution >= 4 is 12.0 Å². The lowest BCUT2D eigenvalue weighted by Crippen LogP contribution is -2.54. The molecule has 5 heteroatoms. The molecule has 2 rings (SSSR count). The van der Waals surface area contributed by atoms with Gasteiger partial charge in [0.15, 0.2) is 0 Å². The van der Waals surface area contributed by atoms with Crippen LogP contribution < -0.4 is 5.32 Å². The Morgan fingerprint density at radius 1 is 1.37 bits per heavy atom. The SMILES string of the molecule is CC(C)(C)OC(=O)N1CCCC2(CCC(=O)NC2)C1. The number of ether oxygens (including phenoxy) is 1. The first kappa shape index (κ1) is 14.2. The van der Waals surface area contributed by atoms with E-state index < -0.39 is 5.60 Å². The molecule has 0 saturated carbocycles. The molecule has 0 aromatic heterocycles. The van der Waals surface area contributed by atoms with Gasteiger partial charge in [0.1, 0.15) is 5.60 Å². The maximum absolute atomic E-state index is 12.1. The van der Waals surface area contributed by atoms with Gasteiger partial charge in [-0.05, 0) is 40.0 Å². The highest BCUT2D eigenvalue weighted by molar-refractivity contribution is 5.77. The Morgan fingerprint density at radius 3 is 2.68 bits per heavy atom. The van der Waals surface area contributed by atoms with E-state index in [1.54, 1.807) is 4.90 Å². The minimum Gasteiger partial charge on any atom is -0.444 e. The van der Waals surface area contributed by atoms with Crippen molar-refractivity contribution in [3.63, 3.8) is 0 Å². The number of carbonyl (C=O) groups is 2. The van der Waals surface area contributed by atoms with Gasteiger partial charge >= 0.3 is 6.09 Å². The van der Waals surface area contributed by atoms with Gasteiger partial charge in [0, 0.05) is 31.5 Å². The van der Waals surface area contributed by atoms with Gasteiger partial charge in [-0.25, -0.2) is 4.79 Å². The number of likely N-dealkylation sites (tertiary alicyclic amines) is 1. The van der Waals surface area contributed by atoms with E-state index in [0.717, 1.165) is 25.8 Å². The third-order valence-corrected chi connectivity index (χ3v) is 3.86. The molecule has 1 unspecified atom stereocenters. The van der Waals surface area contributed by atoms with E-state index in [9.17, 15) is 9.59 Å². The number of amides is 2. The molecule has 108 valence electrons. The highest BCUT2D eigenvalue weighted by atomic mass is 16.6. The summed E-state index contributed by atoms with van der Waals surface area (Å²) in [6.45, 7) is 7.78. The fraction of sp³-hybridized carbons (Fsp3) is 0.857. The molecule has 0 aromatic carbocycles. The molecule has 0 aromatic rings. The van der Waals surface area contributed by atoms with E-state index in [1.165, 1.54) is 0 Å². The molecule has 0 aliphatic carbocycles. The van der Waals surface area contributed by atoms with Crippen LogP contribution in [0.4, 0.5) is 4.79 Å². The summed E-state index contributed by atoms with van der Waals surface area (Å²) in [5.41, 5.74) is -0.397. The first-order valence-corrected chi connectivity index (χ1v) is 7.04. The van der Waals surface area contributed by atoms with Crippen molar-refractivity contribution in [1.82, 2.24) is 10.2 Å². The molecule has 1 N–H and O–H groups in total. The van der Waals surface area contributed by atoms with Crippen molar-refractivity contribution < 1.29 is 14.3 Å². The smallest absolute Gasteiger partial charge is 0.410 e. The molecule has 2 saturated heterocycles. The number of carbonyl (C=O) groups excluding carboxylic acids is 2. The van der Waals surface area contributed by atoms with Crippen LogP contribution in [-0.4, -0.2) is 42.1 Å². The highest BCUT2D eigenvalue weighted by Gasteiger charge is 2.40. The molecular weight excluding hydrogens is 244 g/mol. The quantitative estimate of drug-likeness (QED) is 0.730. The zero-order valence-corrected chi connectivity index (χ0v) is 12.1. The Balaban J connectivity index is 1.97. The second-order valence-corrected chi connectivity index (χ2v) is 6.78. The van der Waals surface area contributed by atoms with E-state index in [2.05, 4.69) is 5.32 Å². The molecule has 5 nitrogen and oxygen atoms in total. The second kappa shape index (κ2) is 5.02. The number of nitrogens with one attached hydrogen (secondary N) is 1. The fourth-order valence-corrected chi connectivity index (χ4v) is 2.88. The van der Waals surface area contributed by atoms with Crippen molar-refractivity contribution in [3.8, 4) is 0 Å². The Hall–Kier alpha value is -1.26. The van der Waals surface area contributed by atoms with Gasteiger partial charge in [0.05, 0.1) is 0 Å². The maximum atomic E-state index is 12.1. The lowest BCUT2D eigenvalue weighted by atomic mass is 9.74. The van der Waals surface area contributed by atoms with Crippen LogP contribution in [0.1, 0.15) is 46.5 Å². The van der Waals surface area contributed by atoms with E-state index in [4.69, 9.17) is 4.74 Å². The third kappa shape index (κ3) is 3.61. The average molecular weight is 268 g/mol. The Morgan fingerprint density at radius 2 is 2.11 bits per heavy atom. The zero-order valence-electron chi connectivity index (χ0n) is 12.1. The Bertz CT molecular complexity index is 363. The summed E-state index contributed by atoms with van der Waals surface area (Å²) < 4.78 is 5.43. The largest absolute Gasteiger partial charge is 0.444 e. The second-order valence-electron chi connectivity index (χ2n) is 6.78. The average Bonchev–Trinajstić information content (AvgIpc) is 2.32. The number of hydrogen-bond donors (Lipinski definition) is 1. The van der Waals surface area contributed by atoms with Crippen LogP contribution in [0.5, 0.6) is 0 Å². The monoisotopic (exact) mass is 268 g/mol. The zero-order chi connectivity index (χ0) is 14.1. The molecule has 2 amide bonds. The lowest BCUT2D eigenvalue weighted by Gasteiger charge is -2.45. The molecule has 19 heavy (non-hydrogen) atoms. The minimum atomic E-state index is -0.456. The van der Waals surface area contributed by atoms with Crippen LogP contribution >= 0.6 is 0 Å². The molecule has 1 atom stereocenters. The number of nitrogens with zero attached hydrogens (tertiary/aromatic N) is 1. The van der Waals surface area contributed by atoms with Gasteiger partial charge in [-0.1, -0.05) is 0 Å². The van der Waals surface area contributed by atoms with Crippen molar-refractivity contribution in [1.29, 1.82) is 0 Å². The summed E-state index contributed by atoms with van der Waals surface area (Å²) in [4.78, 5) is 25.2. The molecule has 2 aliphatic rings. The topological polar surface area (TPSA) is 58.6 Å². The molecule has 0 radical (unpaired) electrons. The maximum Gasteiger partial charge on any atom is 0.410 e. The number of piperidine rings is 2.